The first-order valence-corrected chi connectivity index (χ1v) is 8.35. The molecule has 0 saturated heterocycles. The summed E-state index contributed by atoms with van der Waals surface area (Å²) >= 11 is 0. The lowest BCUT2D eigenvalue weighted by Crippen LogP contribution is -2.27. The van der Waals surface area contributed by atoms with Crippen molar-refractivity contribution in [3.8, 4) is 17.2 Å². The zero-order valence-electron chi connectivity index (χ0n) is 15.7. The number of nitrogens with zero attached hydrogens (tertiary/aromatic N) is 1. The van der Waals surface area contributed by atoms with Crippen molar-refractivity contribution in [2.24, 2.45) is 0 Å². The molecular formula is C21H25NO4. The van der Waals surface area contributed by atoms with Gasteiger partial charge in [-0.1, -0.05) is 18.2 Å². The molecule has 0 fully saturated rings. The van der Waals surface area contributed by atoms with Crippen molar-refractivity contribution in [3.05, 3.63) is 59.7 Å². The van der Waals surface area contributed by atoms with E-state index in [4.69, 9.17) is 14.2 Å². The van der Waals surface area contributed by atoms with Gasteiger partial charge in [0.15, 0.2) is 11.5 Å². The second kappa shape index (κ2) is 9.51. The SMILES string of the molecule is COc1ccc(CCN(C)C(=O)C=Cc2ccc(OC)c(OC)c2)cc1. The first kappa shape index (κ1) is 19.4. The summed E-state index contributed by atoms with van der Waals surface area (Å²) < 4.78 is 15.6. The molecule has 0 unspecified atom stereocenters. The molecule has 0 atom stereocenters. The van der Waals surface area contributed by atoms with Crippen LogP contribution in [0.15, 0.2) is 48.5 Å². The molecule has 1 amide bonds. The lowest BCUT2D eigenvalue weighted by molar-refractivity contribution is -0.124. The van der Waals surface area contributed by atoms with E-state index in [1.165, 1.54) is 0 Å². The van der Waals surface area contributed by atoms with Crippen LogP contribution >= 0.6 is 0 Å². The molecule has 0 spiro atoms. The molecule has 5 heteroatoms. The van der Waals surface area contributed by atoms with Gasteiger partial charge in [-0.15, -0.1) is 0 Å². The van der Waals surface area contributed by atoms with E-state index >= 15 is 0 Å². The molecule has 0 aromatic heterocycles. The fourth-order valence-corrected chi connectivity index (χ4v) is 2.45. The third-order valence-corrected chi connectivity index (χ3v) is 4.10. The van der Waals surface area contributed by atoms with Gasteiger partial charge in [0.05, 0.1) is 21.3 Å². The molecule has 0 aliphatic carbocycles. The maximum Gasteiger partial charge on any atom is 0.246 e. The monoisotopic (exact) mass is 355 g/mol. The summed E-state index contributed by atoms with van der Waals surface area (Å²) in [6.07, 6.45) is 4.12. The molecule has 0 heterocycles. The highest BCUT2D eigenvalue weighted by Gasteiger charge is 2.06. The van der Waals surface area contributed by atoms with E-state index in [0.717, 1.165) is 23.3 Å². The van der Waals surface area contributed by atoms with Crippen LogP contribution in [0.4, 0.5) is 0 Å². The zero-order valence-corrected chi connectivity index (χ0v) is 15.7. The molecule has 0 bridgehead atoms. The minimum absolute atomic E-state index is 0.0479. The Hall–Kier alpha value is -2.95. The van der Waals surface area contributed by atoms with Gasteiger partial charge in [0.25, 0.3) is 0 Å². The summed E-state index contributed by atoms with van der Waals surface area (Å²) in [5.41, 5.74) is 2.04. The van der Waals surface area contributed by atoms with Crippen molar-refractivity contribution >= 4 is 12.0 Å². The molecule has 0 N–H and O–H groups in total. The standard InChI is InChI=1S/C21H25NO4/c1-22(14-13-16-5-9-18(24-2)10-6-16)21(23)12-8-17-7-11-19(25-3)20(15-17)26-4/h5-12,15H,13-14H2,1-4H3. The fraction of sp³-hybridized carbons (Fsp3) is 0.286. The predicted octanol–water partition coefficient (Wildman–Crippen LogP) is 3.43. The number of ether oxygens (including phenoxy) is 3. The Morgan fingerprint density at radius 2 is 1.65 bits per heavy atom. The number of benzene rings is 2. The van der Waals surface area contributed by atoms with Gasteiger partial charge in [0.2, 0.25) is 5.91 Å². The Bertz CT molecular complexity index is 753. The average molecular weight is 355 g/mol. The quantitative estimate of drug-likeness (QED) is 0.681. The Morgan fingerprint density at radius 1 is 0.962 bits per heavy atom. The largest absolute Gasteiger partial charge is 0.497 e. The van der Waals surface area contributed by atoms with Crippen molar-refractivity contribution in [3.63, 3.8) is 0 Å². The highest BCUT2D eigenvalue weighted by molar-refractivity contribution is 5.91. The molecule has 2 rings (SSSR count). The van der Waals surface area contributed by atoms with E-state index in [1.807, 2.05) is 42.5 Å². The van der Waals surface area contributed by atoms with E-state index in [2.05, 4.69) is 0 Å². The molecule has 5 nitrogen and oxygen atoms in total. The van der Waals surface area contributed by atoms with Gasteiger partial charge in [0, 0.05) is 19.7 Å². The summed E-state index contributed by atoms with van der Waals surface area (Å²) in [5.74, 6) is 2.08. The molecule has 0 aliphatic rings. The van der Waals surface area contributed by atoms with Crippen LogP contribution in [0.2, 0.25) is 0 Å². The minimum Gasteiger partial charge on any atom is -0.497 e. The van der Waals surface area contributed by atoms with Crippen molar-refractivity contribution in [2.45, 2.75) is 6.42 Å². The summed E-state index contributed by atoms with van der Waals surface area (Å²) in [6, 6.07) is 13.4. The number of carbonyl (C=O) groups excluding carboxylic acids is 1. The Morgan fingerprint density at radius 3 is 2.27 bits per heavy atom. The highest BCUT2D eigenvalue weighted by Crippen LogP contribution is 2.27. The second-order valence-corrected chi connectivity index (χ2v) is 5.81. The van der Waals surface area contributed by atoms with Gasteiger partial charge in [-0.05, 0) is 47.9 Å². The van der Waals surface area contributed by atoms with E-state index in [9.17, 15) is 4.79 Å². The molecular weight excluding hydrogens is 330 g/mol. The van der Waals surface area contributed by atoms with Crippen LogP contribution < -0.4 is 14.2 Å². The van der Waals surface area contributed by atoms with Gasteiger partial charge in [-0.3, -0.25) is 4.79 Å². The van der Waals surface area contributed by atoms with Gasteiger partial charge >= 0.3 is 0 Å². The number of rotatable bonds is 8. The second-order valence-electron chi connectivity index (χ2n) is 5.81. The number of methoxy groups -OCH3 is 3. The minimum atomic E-state index is -0.0479. The number of hydrogen-bond donors (Lipinski definition) is 0. The fourth-order valence-electron chi connectivity index (χ4n) is 2.45. The lowest BCUT2D eigenvalue weighted by Gasteiger charge is -2.15. The van der Waals surface area contributed by atoms with Crippen molar-refractivity contribution < 1.29 is 19.0 Å². The summed E-state index contributed by atoms with van der Waals surface area (Å²) in [7, 11) is 6.62. The number of amides is 1. The summed E-state index contributed by atoms with van der Waals surface area (Å²) in [5, 5.41) is 0. The Labute approximate surface area is 154 Å². The highest BCUT2D eigenvalue weighted by atomic mass is 16.5. The third-order valence-electron chi connectivity index (χ3n) is 4.10. The maximum atomic E-state index is 12.3. The van der Waals surface area contributed by atoms with E-state index in [0.29, 0.717) is 18.0 Å². The van der Waals surface area contributed by atoms with Gasteiger partial charge < -0.3 is 19.1 Å². The van der Waals surface area contributed by atoms with Crippen LogP contribution in [-0.4, -0.2) is 45.7 Å². The average Bonchev–Trinajstić information content (AvgIpc) is 2.70. The first-order chi connectivity index (χ1) is 12.6. The number of likely N-dealkylation sites (N-methyl/N-ethyl adjacent to an activating group) is 1. The van der Waals surface area contributed by atoms with Gasteiger partial charge in [0.1, 0.15) is 5.75 Å². The normalized spacial score (nSPS) is 10.6. The molecule has 0 radical (unpaired) electrons. The van der Waals surface area contributed by atoms with Gasteiger partial charge in [-0.25, -0.2) is 0 Å². The van der Waals surface area contributed by atoms with Crippen LogP contribution in [0.25, 0.3) is 6.08 Å². The van der Waals surface area contributed by atoms with Crippen LogP contribution in [-0.2, 0) is 11.2 Å². The third kappa shape index (κ3) is 5.28. The predicted molar refractivity (Wildman–Crippen MR) is 103 cm³/mol. The van der Waals surface area contributed by atoms with Crippen molar-refractivity contribution in [1.82, 2.24) is 4.90 Å². The Kier molecular flexibility index (Phi) is 7.09. The number of carbonyl (C=O) groups is 1. The molecule has 2 aromatic rings. The van der Waals surface area contributed by atoms with Crippen LogP contribution in [0.3, 0.4) is 0 Å². The molecule has 0 aliphatic heterocycles. The van der Waals surface area contributed by atoms with E-state index in [1.54, 1.807) is 45.4 Å². The summed E-state index contributed by atoms with van der Waals surface area (Å²) in [4.78, 5) is 14.0. The van der Waals surface area contributed by atoms with E-state index < -0.39 is 0 Å². The van der Waals surface area contributed by atoms with E-state index in [-0.39, 0.29) is 5.91 Å². The van der Waals surface area contributed by atoms with Crippen LogP contribution in [0.5, 0.6) is 17.2 Å². The van der Waals surface area contributed by atoms with Crippen LogP contribution in [0.1, 0.15) is 11.1 Å². The molecule has 26 heavy (non-hydrogen) atoms. The lowest BCUT2D eigenvalue weighted by atomic mass is 10.1. The van der Waals surface area contributed by atoms with Crippen molar-refractivity contribution in [1.29, 1.82) is 0 Å². The zero-order chi connectivity index (χ0) is 18.9. The van der Waals surface area contributed by atoms with Gasteiger partial charge in [-0.2, -0.15) is 0 Å². The maximum absolute atomic E-state index is 12.3. The van der Waals surface area contributed by atoms with Crippen molar-refractivity contribution in [2.75, 3.05) is 34.9 Å². The topological polar surface area (TPSA) is 48.0 Å². The first-order valence-electron chi connectivity index (χ1n) is 8.35. The summed E-state index contributed by atoms with van der Waals surface area (Å²) in [6.45, 7) is 0.640. The van der Waals surface area contributed by atoms with Crippen LogP contribution in [0, 0.1) is 0 Å². The molecule has 2 aromatic carbocycles. The Balaban J connectivity index is 1.92. The molecule has 138 valence electrons. The number of hydrogen-bond acceptors (Lipinski definition) is 4. The molecule has 0 saturated carbocycles. The smallest absolute Gasteiger partial charge is 0.246 e.